The SMILES string of the molecule is COc1ccc(C)cc1C(=O)C(C)(F)F. The normalized spacial score (nSPS) is 11.3. The number of methoxy groups -OCH3 is 1. The van der Waals surface area contributed by atoms with Crippen molar-refractivity contribution in [3.63, 3.8) is 0 Å². The molecule has 0 aliphatic carbocycles. The molecule has 0 atom stereocenters. The second-order valence-electron chi connectivity index (χ2n) is 3.42. The molecule has 0 aliphatic heterocycles. The summed E-state index contributed by atoms with van der Waals surface area (Å²) in [6.45, 7) is 2.31. The van der Waals surface area contributed by atoms with Crippen LogP contribution in [0, 0.1) is 6.92 Å². The third kappa shape index (κ3) is 2.52. The molecule has 15 heavy (non-hydrogen) atoms. The zero-order chi connectivity index (χ0) is 11.6. The molecular weight excluding hydrogens is 202 g/mol. The summed E-state index contributed by atoms with van der Waals surface area (Å²) in [7, 11) is 1.34. The van der Waals surface area contributed by atoms with Gasteiger partial charge in [-0.3, -0.25) is 4.79 Å². The Morgan fingerprint density at radius 2 is 2.00 bits per heavy atom. The third-order valence-electron chi connectivity index (χ3n) is 2.00. The van der Waals surface area contributed by atoms with Crippen molar-refractivity contribution in [1.29, 1.82) is 0 Å². The minimum Gasteiger partial charge on any atom is -0.496 e. The molecule has 1 aromatic rings. The summed E-state index contributed by atoms with van der Waals surface area (Å²) in [4.78, 5) is 11.4. The Bertz CT molecular complexity index is 381. The maximum Gasteiger partial charge on any atom is 0.307 e. The van der Waals surface area contributed by atoms with Crippen molar-refractivity contribution in [2.75, 3.05) is 7.11 Å². The molecular formula is C11H12F2O2. The van der Waals surface area contributed by atoms with Crippen molar-refractivity contribution in [3.8, 4) is 5.75 Å². The van der Waals surface area contributed by atoms with Crippen LogP contribution >= 0.6 is 0 Å². The van der Waals surface area contributed by atoms with Crippen LogP contribution in [0.4, 0.5) is 8.78 Å². The fourth-order valence-corrected chi connectivity index (χ4v) is 1.24. The van der Waals surface area contributed by atoms with E-state index in [4.69, 9.17) is 4.74 Å². The number of ketones is 1. The summed E-state index contributed by atoms with van der Waals surface area (Å²) in [6, 6.07) is 4.61. The molecule has 1 aromatic carbocycles. The van der Waals surface area contributed by atoms with Gasteiger partial charge < -0.3 is 4.74 Å². The van der Waals surface area contributed by atoms with Gasteiger partial charge in [0.1, 0.15) is 5.75 Å². The van der Waals surface area contributed by atoms with Crippen LogP contribution in [0.3, 0.4) is 0 Å². The molecule has 0 saturated carbocycles. The van der Waals surface area contributed by atoms with E-state index in [1.54, 1.807) is 13.0 Å². The van der Waals surface area contributed by atoms with Gasteiger partial charge in [0.25, 0.3) is 0 Å². The zero-order valence-electron chi connectivity index (χ0n) is 8.80. The molecule has 0 aromatic heterocycles. The molecule has 0 saturated heterocycles. The molecule has 1 rings (SSSR count). The summed E-state index contributed by atoms with van der Waals surface area (Å²) in [5.74, 6) is -4.42. The highest BCUT2D eigenvalue weighted by Gasteiger charge is 2.34. The van der Waals surface area contributed by atoms with Gasteiger partial charge in [-0.15, -0.1) is 0 Å². The lowest BCUT2D eigenvalue weighted by Gasteiger charge is -2.12. The Morgan fingerprint density at radius 1 is 1.40 bits per heavy atom. The van der Waals surface area contributed by atoms with E-state index in [9.17, 15) is 13.6 Å². The number of ether oxygens (including phenoxy) is 1. The highest BCUT2D eigenvalue weighted by molar-refractivity contribution is 6.03. The number of hydrogen-bond donors (Lipinski definition) is 0. The predicted octanol–water partition coefficient (Wildman–Crippen LogP) is 2.84. The number of alkyl halides is 2. The van der Waals surface area contributed by atoms with Crippen molar-refractivity contribution >= 4 is 5.78 Å². The zero-order valence-corrected chi connectivity index (χ0v) is 8.80. The predicted molar refractivity (Wildman–Crippen MR) is 52.7 cm³/mol. The van der Waals surface area contributed by atoms with Gasteiger partial charge in [-0.1, -0.05) is 11.6 Å². The number of aryl methyl sites for hydroxylation is 1. The number of benzene rings is 1. The molecule has 2 nitrogen and oxygen atoms in total. The van der Waals surface area contributed by atoms with Crippen molar-refractivity contribution in [2.45, 2.75) is 19.8 Å². The lowest BCUT2D eigenvalue weighted by molar-refractivity contribution is 0.0219. The Hall–Kier alpha value is -1.45. The van der Waals surface area contributed by atoms with Crippen molar-refractivity contribution in [3.05, 3.63) is 29.3 Å². The lowest BCUT2D eigenvalue weighted by atomic mass is 10.0. The van der Waals surface area contributed by atoms with E-state index in [2.05, 4.69) is 0 Å². The molecule has 82 valence electrons. The van der Waals surface area contributed by atoms with Crippen molar-refractivity contribution < 1.29 is 18.3 Å². The van der Waals surface area contributed by atoms with Crippen LogP contribution in [-0.4, -0.2) is 18.8 Å². The van der Waals surface area contributed by atoms with Gasteiger partial charge in [-0.05, 0) is 19.1 Å². The first-order valence-electron chi connectivity index (χ1n) is 4.43. The van der Waals surface area contributed by atoms with Crippen LogP contribution in [0.2, 0.25) is 0 Å². The first-order valence-corrected chi connectivity index (χ1v) is 4.43. The van der Waals surface area contributed by atoms with E-state index in [1.807, 2.05) is 0 Å². The summed E-state index contributed by atoms with van der Waals surface area (Å²) in [5, 5.41) is 0. The van der Waals surface area contributed by atoms with E-state index in [-0.39, 0.29) is 11.3 Å². The Kier molecular flexibility index (Phi) is 3.07. The second kappa shape index (κ2) is 3.96. The van der Waals surface area contributed by atoms with Gasteiger partial charge in [0.15, 0.2) is 0 Å². The average Bonchev–Trinajstić information content (AvgIpc) is 2.15. The molecule has 0 heterocycles. The molecule has 0 bridgehead atoms. The van der Waals surface area contributed by atoms with Crippen LogP contribution in [0.1, 0.15) is 22.8 Å². The molecule has 0 amide bonds. The first kappa shape index (κ1) is 11.6. The molecule has 0 spiro atoms. The van der Waals surface area contributed by atoms with Crippen LogP contribution in [-0.2, 0) is 0 Å². The number of carbonyl (C=O) groups is 1. The maximum atomic E-state index is 12.8. The van der Waals surface area contributed by atoms with Gasteiger partial charge in [-0.2, -0.15) is 8.78 Å². The van der Waals surface area contributed by atoms with Gasteiger partial charge in [-0.25, -0.2) is 0 Å². The highest BCUT2D eigenvalue weighted by Crippen LogP contribution is 2.26. The third-order valence-corrected chi connectivity index (χ3v) is 2.00. The summed E-state index contributed by atoms with van der Waals surface area (Å²) >= 11 is 0. The van der Waals surface area contributed by atoms with Crippen LogP contribution in [0.5, 0.6) is 5.75 Å². The van der Waals surface area contributed by atoms with Gasteiger partial charge >= 0.3 is 5.92 Å². The van der Waals surface area contributed by atoms with Crippen LogP contribution in [0.25, 0.3) is 0 Å². The Labute approximate surface area is 86.9 Å². The van der Waals surface area contributed by atoms with E-state index < -0.39 is 11.7 Å². The van der Waals surface area contributed by atoms with E-state index in [1.165, 1.54) is 19.2 Å². The number of carbonyl (C=O) groups excluding carboxylic acids is 1. The number of halogens is 2. The Balaban J connectivity index is 3.23. The minimum atomic E-state index is -3.37. The van der Waals surface area contributed by atoms with Crippen LogP contribution < -0.4 is 4.74 Å². The van der Waals surface area contributed by atoms with Crippen molar-refractivity contribution in [1.82, 2.24) is 0 Å². The lowest BCUT2D eigenvalue weighted by Crippen LogP contribution is -2.24. The van der Waals surface area contributed by atoms with E-state index in [0.717, 1.165) is 5.56 Å². The van der Waals surface area contributed by atoms with E-state index >= 15 is 0 Å². The fourth-order valence-electron chi connectivity index (χ4n) is 1.24. The summed E-state index contributed by atoms with van der Waals surface area (Å²) in [6.07, 6.45) is 0. The standard InChI is InChI=1S/C11H12F2O2/c1-7-4-5-9(15-3)8(6-7)10(14)11(2,12)13/h4-6H,1-3H3. The monoisotopic (exact) mass is 214 g/mol. The Morgan fingerprint density at radius 3 is 2.47 bits per heavy atom. The molecule has 0 aliphatic rings. The fraction of sp³-hybridized carbons (Fsp3) is 0.364. The smallest absolute Gasteiger partial charge is 0.307 e. The maximum absolute atomic E-state index is 12.8. The van der Waals surface area contributed by atoms with Gasteiger partial charge in [0.2, 0.25) is 5.78 Å². The van der Waals surface area contributed by atoms with Gasteiger partial charge in [0.05, 0.1) is 12.7 Å². The first-order chi connectivity index (χ1) is 6.86. The quantitative estimate of drug-likeness (QED) is 0.723. The van der Waals surface area contributed by atoms with Crippen LogP contribution in [0.15, 0.2) is 18.2 Å². The molecule has 4 heteroatoms. The second-order valence-corrected chi connectivity index (χ2v) is 3.42. The number of rotatable bonds is 3. The molecule has 0 N–H and O–H groups in total. The summed E-state index contributed by atoms with van der Waals surface area (Å²) in [5.41, 5.74) is 0.661. The topological polar surface area (TPSA) is 26.3 Å². The molecule has 0 unspecified atom stereocenters. The molecule has 0 fully saturated rings. The minimum absolute atomic E-state index is 0.0787. The highest BCUT2D eigenvalue weighted by atomic mass is 19.3. The van der Waals surface area contributed by atoms with E-state index in [0.29, 0.717) is 6.92 Å². The summed E-state index contributed by atoms with van der Waals surface area (Å²) < 4.78 is 30.6. The average molecular weight is 214 g/mol. The molecule has 0 radical (unpaired) electrons. The van der Waals surface area contributed by atoms with Crippen molar-refractivity contribution in [2.24, 2.45) is 0 Å². The number of Topliss-reactive ketones (excluding diaryl/α,β-unsaturated/α-hetero) is 1. The van der Waals surface area contributed by atoms with Gasteiger partial charge in [0, 0.05) is 6.92 Å². The largest absolute Gasteiger partial charge is 0.496 e. The number of hydrogen-bond acceptors (Lipinski definition) is 2.